The van der Waals surface area contributed by atoms with Crippen molar-refractivity contribution in [2.75, 3.05) is 26.2 Å². The van der Waals surface area contributed by atoms with E-state index in [0.29, 0.717) is 0 Å². The number of hydrogen-bond acceptors (Lipinski definition) is 0. The van der Waals surface area contributed by atoms with Gasteiger partial charge in [-0.05, 0) is 32.6 Å². The summed E-state index contributed by atoms with van der Waals surface area (Å²) in [5.41, 5.74) is 0. The van der Waals surface area contributed by atoms with E-state index >= 15 is 0 Å². The second-order valence-electron chi connectivity index (χ2n) is 6.44. The zero-order chi connectivity index (χ0) is 11.5. The standard InChI is InChI=1S/C14H28N2/c1-12(2)15-7-9-16(10-8-15)14-6-4-5-13(3)11-14/h12-14H,4-11H2,1-3H3/p+2/t13-,14+/m1/s1. The summed E-state index contributed by atoms with van der Waals surface area (Å²) in [4.78, 5) is 3.75. The fourth-order valence-electron chi connectivity index (χ4n) is 3.68. The van der Waals surface area contributed by atoms with Crippen LogP contribution in [0.25, 0.3) is 0 Å². The van der Waals surface area contributed by atoms with Crippen LogP contribution in [-0.2, 0) is 0 Å². The third kappa shape index (κ3) is 2.98. The zero-order valence-electron chi connectivity index (χ0n) is 11.4. The van der Waals surface area contributed by atoms with E-state index in [0.717, 1.165) is 18.0 Å². The van der Waals surface area contributed by atoms with Gasteiger partial charge in [0.1, 0.15) is 26.2 Å². The van der Waals surface area contributed by atoms with Crippen LogP contribution < -0.4 is 9.80 Å². The maximum atomic E-state index is 2.45. The number of nitrogens with one attached hydrogen (secondary N) is 2. The van der Waals surface area contributed by atoms with E-state index < -0.39 is 0 Å². The fourth-order valence-corrected chi connectivity index (χ4v) is 3.68. The first-order valence-corrected chi connectivity index (χ1v) is 7.36. The van der Waals surface area contributed by atoms with Crippen LogP contribution in [0, 0.1) is 5.92 Å². The first-order valence-electron chi connectivity index (χ1n) is 7.36. The predicted octanol–water partition coefficient (Wildman–Crippen LogP) is -0.243. The van der Waals surface area contributed by atoms with Gasteiger partial charge < -0.3 is 9.80 Å². The van der Waals surface area contributed by atoms with Crippen LogP contribution in [0.4, 0.5) is 0 Å². The third-order valence-corrected chi connectivity index (χ3v) is 4.86. The van der Waals surface area contributed by atoms with Crippen molar-refractivity contribution in [1.29, 1.82) is 0 Å². The summed E-state index contributed by atoms with van der Waals surface area (Å²) >= 11 is 0. The average Bonchev–Trinajstić information content (AvgIpc) is 2.29. The van der Waals surface area contributed by atoms with Gasteiger partial charge in [-0.1, -0.05) is 13.3 Å². The van der Waals surface area contributed by atoms with Crippen LogP contribution in [0.1, 0.15) is 46.5 Å². The van der Waals surface area contributed by atoms with Gasteiger partial charge in [-0.2, -0.15) is 0 Å². The number of hydrogen-bond donors (Lipinski definition) is 2. The molecule has 1 aliphatic carbocycles. The lowest BCUT2D eigenvalue weighted by molar-refractivity contribution is -1.03. The molecule has 2 N–H and O–H groups in total. The van der Waals surface area contributed by atoms with Crippen LogP contribution in [-0.4, -0.2) is 38.3 Å². The Labute approximate surface area is 101 Å². The molecular formula is C14H30N2+2. The summed E-state index contributed by atoms with van der Waals surface area (Å²) in [5, 5.41) is 0. The van der Waals surface area contributed by atoms with Gasteiger partial charge in [0, 0.05) is 6.42 Å². The van der Waals surface area contributed by atoms with Crippen molar-refractivity contribution < 1.29 is 9.80 Å². The van der Waals surface area contributed by atoms with E-state index in [4.69, 9.17) is 0 Å². The van der Waals surface area contributed by atoms with E-state index in [1.165, 1.54) is 51.9 Å². The van der Waals surface area contributed by atoms with Crippen LogP contribution in [0.5, 0.6) is 0 Å². The lowest BCUT2D eigenvalue weighted by atomic mass is 9.86. The van der Waals surface area contributed by atoms with Crippen molar-refractivity contribution in [2.45, 2.75) is 58.5 Å². The Balaban J connectivity index is 1.79. The van der Waals surface area contributed by atoms with Gasteiger partial charge in [-0.3, -0.25) is 0 Å². The Morgan fingerprint density at radius 3 is 2.25 bits per heavy atom. The monoisotopic (exact) mass is 226 g/mol. The second kappa shape index (κ2) is 5.50. The summed E-state index contributed by atoms with van der Waals surface area (Å²) in [5.74, 6) is 0.988. The quantitative estimate of drug-likeness (QED) is 0.643. The third-order valence-electron chi connectivity index (χ3n) is 4.86. The van der Waals surface area contributed by atoms with Crippen LogP contribution >= 0.6 is 0 Å². The van der Waals surface area contributed by atoms with E-state index in [1.54, 1.807) is 0 Å². The van der Waals surface area contributed by atoms with Gasteiger partial charge in [-0.25, -0.2) is 0 Å². The maximum Gasteiger partial charge on any atom is 0.127 e. The van der Waals surface area contributed by atoms with Gasteiger partial charge >= 0.3 is 0 Å². The Morgan fingerprint density at radius 1 is 1.00 bits per heavy atom. The summed E-state index contributed by atoms with van der Waals surface area (Å²) < 4.78 is 0. The average molecular weight is 226 g/mol. The summed E-state index contributed by atoms with van der Waals surface area (Å²) in [6.45, 7) is 12.8. The molecule has 1 saturated heterocycles. The van der Waals surface area contributed by atoms with Crippen molar-refractivity contribution in [1.82, 2.24) is 0 Å². The molecule has 0 aromatic rings. The number of quaternary nitrogens is 2. The van der Waals surface area contributed by atoms with Crippen molar-refractivity contribution in [3.8, 4) is 0 Å². The fraction of sp³-hybridized carbons (Fsp3) is 1.00. The van der Waals surface area contributed by atoms with Gasteiger partial charge in [0.05, 0.1) is 12.1 Å². The molecule has 0 aromatic heterocycles. The lowest BCUT2D eigenvalue weighted by Crippen LogP contribution is -3.30. The highest BCUT2D eigenvalue weighted by Crippen LogP contribution is 2.21. The molecule has 0 radical (unpaired) electrons. The Morgan fingerprint density at radius 2 is 1.69 bits per heavy atom. The molecule has 94 valence electrons. The van der Waals surface area contributed by atoms with Gasteiger partial charge in [0.15, 0.2) is 0 Å². The number of piperazine rings is 1. The summed E-state index contributed by atoms with van der Waals surface area (Å²) in [7, 11) is 0. The van der Waals surface area contributed by atoms with Crippen molar-refractivity contribution in [3.05, 3.63) is 0 Å². The van der Waals surface area contributed by atoms with Crippen molar-refractivity contribution in [2.24, 2.45) is 5.92 Å². The minimum atomic E-state index is 0.826. The molecule has 2 aliphatic rings. The SMILES string of the molecule is CC(C)[NH+]1CC[NH+]([C@H]2CCC[C@@H](C)C2)CC1. The molecule has 16 heavy (non-hydrogen) atoms. The largest absolute Gasteiger partial charge is 0.324 e. The van der Waals surface area contributed by atoms with Crippen LogP contribution in [0.15, 0.2) is 0 Å². The Hall–Kier alpha value is -0.0800. The van der Waals surface area contributed by atoms with Gasteiger partial charge in [-0.15, -0.1) is 0 Å². The molecule has 2 heteroatoms. The highest BCUT2D eigenvalue weighted by Gasteiger charge is 2.32. The van der Waals surface area contributed by atoms with E-state index in [9.17, 15) is 0 Å². The first kappa shape index (κ1) is 12.4. The molecule has 0 amide bonds. The molecule has 0 spiro atoms. The van der Waals surface area contributed by atoms with Crippen LogP contribution in [0.3, 0.4) is 0 Å². The second-order valence-corrected chi connectivity index (χ2v) is 6.44. The molecule has 2 nitrogen and oxygen atoms in total. The normalized spacial score (nSPS) is 41.2. The first-order chi connectivity index (χ1) is 7.66. The van der Waals surface area contributed by atoms with E-state index in [1.807, 2.05) is 9.80 Å². The Kier molecular flexibility index (Phi) is 4.26. The smallest absolute Gasteiger partial charge is 0.127 e. The lowest BCUT2D eigenvalue weighted by Gasteiger charge is -2.38. The molecule has 2 fully saturated rings. The molecule has 2 rings (SSSR count). The van der Waals surface area contributed by atoms with Crippen molar-refractivity contribution >= 4 is 0 Å². The van der Waals surface area contributed by atoms with E-state index in [-0.39, 0.29) is 0 Å². The highest BCUT2D eigenvalue weighted by atomic mass is 15.3. The minimum absolute atomic E-state index is 0.826. The zero-order valence-corrected chi connectivity index (χ0v) is 11.4. The minimum Gasteiger partial charge on any atom is -0.324 e. The molecular weight excluding hydrogens is 196 g/mol. The van der Waals surface area contributed by atoms with E-state index in [2.05, 4.69) is 20.8 Å². The summed E-state index contributed by atoms with van der Waals surface area (Å²) in [6.07, 6.45) is 5.95. The topological polar surface area (TPSA) is 8.88 Å². The molecule has 1 saturated carbocycles. The molecule has 1 aliphatic heterocycles. The predicted molar refractivity (Wildman–Crippen MR) is 67.9 cm³/mol. The number of rotatable bonds is 2. The van der Waals surface area contributed by atoms with Gasteiger partial charge in [0.25, 0.3) is 0 Å². The molecule has 1 heterocycles. The van der Waals surface area contributed by atoms with Crippen LogP contribution in [0.2, 0.25) is 0 Å². The highest BCUT2D eigenvalue weighted by molar-refractivity contribution is 4.69. The molecule has 0 bridgehead atoms. The summed E-state index contributed by atoms with van der Waals surface area (Å²) in [6, 6.07) is 1.82. The molecule has 0 unspecified atom stereocenters. The molecule has 0 aromatic carbocycles. The van der Waals surface area contributed by atoms with Crippen molar-refractivity contribution in [3.63, 3.8) is 0 Å². The maximum absolute atomic E-state index is 2.45. The van der Waals surface area contributed by atoms with Gasteiger partial charge in [0.2, 0.25) is 0 Å². The Bertz CT molecular complexity index is 207. The molecule has 2 atom stereocenters.